The Morgan fingerprint density at radius 3 is 2.76 bits per heavy atom. The van der Waals surface area contributed by atoms with Crippen molar-refractivity contribution in [2.24, 2.45) is 0 Å². The van der Waals surface area contributed by atoms with E-state index in [1.54, 1.807) is 16.7 Å². The lowest BCUT2D eigenvalue weighted by atomic mass is 9.99. The fourth-order valence-corrected chi connectivity index (χ4v) is 3.11. The highest BCUT2D eigenvalue weighted by Crippen LogP contribution is 2.24. The highest BCUT2D eigenvalue weighted by Gasteiger charge is 2.33. The molecular weight excluding hydrogens is 286 g/mol. The van der Waals surface area contributed by atoms with Crippen LogP contribution in [0, 0.1) is 6.92 Å². The van der Waals surface area contributed by atoms with Crippen LogP contribution >= 0.6 is 11.8 Å². The van der Waals surface area contributed by atoms with E-state index < -0.39 is 6.04 Å². The van der Waals surface area contributed by atoms with E-state index >= 15 is 0 Å². The maximum atomic E-state index is 12.8. The van der Waals surface area contributed by atoms with Gasteiger partial charge in [-0.25, -0.2) is 4.79 Å². The minimum Gasteiger partial charge on any atom is -0.467 e. The average molecular weight is 307 g/mol. The van der Waals surface area contributed by atoms with Gasteiger partial charge in [0.15, 0.2) is 0 Å². The van der Waals surface area contributed by atoms with Crippen LogP contribution in [0.5, 0.6) is 0 Å². The number of piperidine rings is 1. The molecule has 1 aliphatic rings. The van der Waals surface area contributed by atoms with Crippen molar-refractivity contribution in [1.29, 1.82) is 0 Å². The number of rotatable bonds is 3. The second-order valence-electron chi connectivity index (χ2n) is 5.21. The Labute approximate surface area is 129 Å². The first-order chi connectivity index (χ1) is 10.1. The van der Waals surface area contributed by atoms with E-state index in [4.69, 9.17) is 4.74 Å². The summed E-state index contributed by atoms with van der Waals surface area (Å²) in [5, 5.41) is 0. The van der Waals surface area contributed by atoms with Crippen LogP contribution in [0.15, 0.2) is 23.1 Å². The third-order valence-electron chi connectivity index (χ3n) is 3.91. The number of thioether (sulfide) groups is 1. The summed E-state index contributed by atoms with van der Waals surface area (Å²) in [6.45, 7) is 2.54. The lowest BCUT2D eigenvalue weighted by molar-refractivity contribution is -0.147. The van der Waals surface area contributed by atoms with E-state index in [0.717, 1.165) is 23.3 Å². The van der Waals surface area contributed by atoms with Gasteiger partial charge in [-0.3, -0.25) is 4.79 Å². The third kappa shape index (κ3) is 3.40. The Balaban J connectivity index is 2.30. The summed E-state index contributed by atoms with van der Waals surface area (Å²) in [7, 11) is 1.37. The summed E-state index contributed by atoms with van der Waals surface area (Å²) >= 11 is 1.60. The van der Waals surface area contributed by atoms with E-state index in [0.29, 0.717) is 18.5 Å². The zero-order valence-corrected chi connectivity index (χ0v) is 13.5. The number of aryl methyl sites for hydroxylation is 1. The Bertz CT molecular complexity index is 544. The number of likely N-dealkylation sites (tertiary alicyclic amines) is 1. The molecule has 0 radical (unpaired) electrons. The maximum absolute atomic E-state index is 12.8. The van der Waals surface area contributed by atoms with Crippen LogP contribution < -0.4 is 0 Å². The fourth-order valence-electron chi connectivity index (χ4n) is 2.67. The van der Waals surface area contributed by atoms with Crippen LogP contribution in [0.25, 0.3) is 0 Å². The number of nitrogens with zero attached hydrogens (tertiary/aromatic N) is 1. The van der Waals surface area contributed by atoms with Gasteiger partial charge in [0.05, 0.1) is 7.11 Å². The summed E-state index contributed by atoms with van der Waals surface area (Å²) in [4.78, 5) is 27.4. The Kier molecular flexibility index (Phi) is 5.28. The van der Waals surface area contributed by atoms with Gasteiger partial charge in [-0.05, 0) is 50.1 Å². The lowest BCUT2D eigenvalue weighted by Crippen LogP contribution is -2.48. The van der Waals surface area contributed by atoms with Crippen molar-refractivity contribution in [3.8, 4) is 0 Å². The molecule has 21 heavy (non-hydrogen) atoms. The van der Waals surface area contributed by atoms with Crippen LogP contribution in [0.2, 0.25) is 0 Å². The van der Waals surface area contributed by atoms with Crippen LogP contribution in [-0.2, 0) is 9.53 Å². The van der Waals surface area contributed by atoms with E-state index in [1.807, 2.05) is 31.4 Å². The number of benzene rings is 1. The second kappa shape index (κ2) is 6.98. The first-order valence-corrected chi connectivity index (χ1v) is 8.34. The van der Waals surface area contributed by atoms with Gasteiger partial charge in [0.2, 0.25) is 0 Å². The minimum absolute atomic E-state index is 0.0708. The molecule has 0 aliphatic carbocycles. The highest BCUT2D eigenvalue weighted by atomic mass is 32.2. The monoisotopic (exact) mass is 307 g/mol. The van der Waals surface area contributed by atoms with E-state index in [-0.39, 0.29) is 11.9 Å². The quantitative estimate of drug-likeness (QED) is 0.636. The largest absolute Gasteiger partial charge is 0.467 e. The standard InChI is InChI=1S/C16H21NO3S/c1-11-7-8-12(21-3)10-13(11)15(18)17-9-5-4-6-14(17)16(19)20-2/h7-8,10,14H,4-6,9H2,1-3H3/t14-/m1/s1. The molecule has 1 aromatic carbocycles. The molecule has 1 atom stereocenters. The summed E-state index contributed by atoms with van der Waals surface area (Å²) in [5.41, 5.74) is 1.62. The summed E-state index contributed by atoms with van der Waals surface area (Å²) < 4.78 is 4.84. The van der Waals surface area contributed by atoms with Crippen LogP contribution in [0.4, 0.5) is 0 Å². The van der Waals surface area contributed by atoms with E-state index in [9.17, 15) is 9.59 Å². The van der Waals surface area contributed by atoms with Gasteiger partial charge >= 0.3 is 5.97 Å². The Morgan fingerprint density at radius 1 is 1.33 bits per heavy atom. The molecule has 0 N–H and O–H groups in total. The number of hydrogen-bond acceptors (Lipinski definition) is 4. The normalized spacial score (nSPS) is 18.4. The van der Waals surface area contributed by atoms with Crippen LogP contribution in [0.1, 0.15) is 35.2 Å². The molecule has 4 nitrogen and oxygen atoms in total. The number of hydrogen-bond donors (Lipinski definition) is 0. The average Bonchev–Trinajstić information content (AvgIpc) is 2.54. The van der Waals surface area contributed by atoms with Crippen molar-refractivity contribution >= 4 is 23.6 Å². The molecule has 5 heteroatoms. The number of carbonyl (C=O) groups excluding carboxylic acids is 2. The highest BCUT2D eigenvalue weighted by molar-refractivity contribution is 7.98. The Hall–Kier alpha value is -1.49. The molecule has 0 spiro atoms. The molecular formula is C16H21NO3S. The van der Waals surface area contributed by atoms with Crippen molar-refractivity contribution in [3.05, 3.63) is 29.3 Å². The zero-order chi connectivity index (χ0) is 15.4. The van der Waals surface area contributed by atoms with Gasteiger partial charge in [0, 0.05) is 17.0 Å². The third-order valence-corrected chi connectivity index (χ3v) is 4.64. The number of esters is 1. The molecule has 0 saturated carbocycles. The first kappa shape index (κ1) is 15.9. The van der Waals surface area contributed by atoms with Gasteiger partial charge in [0.1, 0.15) is 6.04 Å². The number of ether oxygens (including phenoxy) is 1. The number of methoxy groups -OCH3 is 1. The Morgan fingerprint density at radius 2 is 2.10 bits per heavy atom. The predicted molar refractivity (Wildman–Crippen MR) is 83.7 cm³/mol. The zero-order valence-electron chi connectivity index (χ0n) is 12.7. The van der Waals surface area contributed by atoms with E-state index in [2.05, 4.69) is 0 Å². The molecule has 1 fully saturated rings. The second-order valence-corrected chi connectivity index (χ2v) is 6.09. The smallest absolute Gasteiger partial charge is 0.328 e. The maximum Gasteiger partial charge on any atom is 0.328 e. The van der Waals surface area contributed by atoms with Gasteiger partial charge in [0.25, 0.3) is 5.91 Å². The fraction of sp³-hybridized carbons (Fsp3) is 0.500. The van der Waals surface area contributed by atoms with Crippen molar-refractivity contribution in [2.75, 3.05) is 19.9 Å². The van der Waals surface area contributed by atoms with Gasteiger partial charge in [-0.2, -0.15) is 0 Å². The molecule has 0 aromatic heterocycles. The molecule has 1 saturated heterocycles. The van der Waals surface area contributed by atoms with Crippen molar-refractivity contribution in [1.82, 2.24) is 4.90 Å². The molecule has 1 aromatic rings. The topological polar surface area (TPSA) is 46.6 Å². The summed E-state index contributed by atoms with van der Waals surface area (Å²) in [6.07, 6.45) is 4.55. The molecule has 0 unspecified atom stereocenters. The van der Waals surface area contributed by atoms with E-state index in [1.165, 1.54) is 7.11 Å². The van der Waals surface area contributed by atoms with Gasteiger partial charge < -0.3 is 9.64 Å². The summed E-state index contributed by atoms with van der Waals surface area (Å²) in [5.74, 6) is -0.389. The van der Waals surface area contributed by atoms with Crippen molar-refractivity contribution in [2.45, 2.75) is 37.1 Å². The van der Waals surface area contributed by atoms with Crippen LogP contribution in [-0.4, -0.2) is 42.7 Å². The summed E-state index contributed by atoms with van der Waals surface area (Å²) in [6, 6.07) is 5.42. The van der Waals surface area contributed by atoms with Gasteiger partial charge in [-0.1, -0.05) is 6.07 Å². The molecule has 0 bridgehead atoms. The van der Waals surface area contributed by atoms with Crippen LogP contribution in [0.3, 0.4) is 0 Å². The molecule has 1 amide bonds. The SMILES string of the molecule is COC(=O)[C@H]1CCCCN1C(=O)c1cc(SC)ccc1C. The number of amides is 1. The molecule has 1 heterocycles. The number of carbonyl (C=O) groups is 2. The van der Waals surface area contributed by atoms with Crippen molar-refractivity contribution in [3.63, 3.8) is 0 Å². The molecule has 1 aliphatic heterocycles. The minimum atomic E-state index is -0.450. The predicted octanol–water partition coefficient (Wildman–Crippen LogP) is 2.88. The first-order valence-electron chi connectivity index (χ1n) is 7.12. The molecule has 2 rings (SSSR count). The van der Waals surface area contributed by atoms with Gasteiger partial charge in [-0.15, -0.1) is 11.8 Å². The molecule has 114 valence electrons. The lowest BCUT2D eigenvalue weighted by Gasteiger charge is -2.34. The van der Waals surface area contributed by atoms with Crippen molar-refractivity contribution < 1.29 is 14.3 Å².